The van der Waals surface area contributed by atoms with Gasteiger partial charge < -0.3 is 10.5 Å². The standard InChI is InChI=1S/C12H25N3O2/c1-4-10(2)15-5-6-17-11(8-15)7-14(3)9-12(13)16/h10-11H,4-9H2,1-3H3,(H2,13,16)/t10-,11+/m1/s1. The van der Waals surface area contributed by atoms with Gasteiger partial charge in [0.1, 0.15) is 0 Å². The van der Waals surface area contributed by atoms with Gasteiger partial charge >= 0.3 is 0 Å². The van der Waals surface area contributed by atoms with E-state index in [1.54, 1.807) is 0 Å². The van der Waals surface area contributed by atoms with Crippen molar-refractivity contribution in [2.75, 3.05) is 39.8 Å². The molecule has 1 fully saturated rings. The molecular weight excluding hydrogens is 218 g/mol. The first kappa shape index (κ1) is 14.4. The summed E-state index contributed by atoms with van der Waals surface area (Å²) >= 11 is 0. The van der Waals surface area contributed by atoms with Gasteiger partial charge in [0, 0.05) is 25.7 Å². The quantitative estimate of drug-likeness (QED) is 0.708. The lowest BCUT2D eigenvalue weighted by atomic mass is 10.1. The second-order valence-corrected chi connectivity index (χ2v) is 4.91. The lowest BCUT2D eigenvalue weighted by Crippen LogP contribution is -2.50. The molecule has 0 radical (unpaired) electrons. The van der Waals surface area contributed by atoms with E-state index in [4.69, 9.17) is 10.5 Å². The van der Waals surface area contributed by atoms with Crippen molar-refractivity contribution in [2.24, 2.45) is 5.73 Å². The molecule has 1 amide bonds. The first-order valence-electron chi connectivity index (χ1n) is 6.35. The number of primary amides is 1. The number of likely N-dealkylation sites (N-methyl/N-ethyl adjacent to an activating group) is 1. The molecule has 0 saturated carbocycles. The van der Waals surface area contributed by atoms with Crippen LogP contribution in [0.25, 0.3) is 0 Å². The number of nitrogens with two attached hydrogens (primary N) is 1. The molecule has 1 aliphatic rings. The predicted molar refractivity (Wildman–Crippen MR) is 67.8 cm³/mol. The highest BCUT2D eigenvalue weighted by atomic mass is 16.5. The summed E-state index contributed by atoms with van der Waals surface area (Å²) in [4.78, 5) is 15.2. The van der Waals surface area contributed by atoms with E-state index in [0.29, 0.717) is 12.6 Å². The number of rotatable bonds is 6. The Kier molecular flexibility index (Phi) is 5.88. The highest BCUT2D eigenvalue weighted by Gasteiger charge is 2.24. The second-order valence-electron chi connectivity index (χ2n) is 4.91. The van der Waals surface area contributed by atoms with E-state index in [1.165, 1.54) is 0 Å². The van der Waals surface area contributed by atoms with Crippen LogP contribution in [0.1, 0.15) is 20.3 Å². The van der Waals surface area contributed by atoms with Crippen LogP contribution < -0.4 is 5.73 Å². The average Bonchev–Trinajstić information content (AvgIpc) is 2.27. The largest absolute Gasteiger partial charge is 0.374 e. The van der Waals surface area contributed by atoms with E-state index in [-0.39, 0.29) is 12.0 Å². The van der Waals surface area contributed by atoms with Gasteiger partial charge in [0.25, 0.3) is 0 Å². The van der Waals surface area contributed by atoms with Gasteiger partial charge in [-0.3, -0.25) is 14.6 Å². The van der Waals surface area contributed by atoms with Crippen LogP contribution in [0.3, 0.4) is 0 Å². The van der Waals surface area contributed by atoms with Crippen molar-refractivity contribution >= 4 is 5.91 Å². The van der Waals surface area contributed by atoms with Gasteiger partial charge in [0.15, 0.2) is 0 Å². The minimum absolute atomic E-state index is 0.182. The zero-order valence-electron chi connectivity index (χ0n) is 11.2. The zero-order valence-corrected chi connectivity index (χ0v) is 11.2. The Hall–Kier alpha value is -0.650. The highest BCUT2D eigenvalue weighted by molar-refractivity contribution is 5.75. The van der Waals surface area contributed by atoms with Gasteiger partial charge in [0.2, 0.25) is 5.91 Å². The maximum atomic E-state index is 10.8. The van der Waals surface area contributed by atoms with Gasteiger partial charge in [-0.1, -0.05) is 6.92 Å². The maximum Gasteiger partial charge on any atom is 0.231 e. The van der Waals surface area contributed by atoms with Gasteiger partial charge in [-0.2, -0.15) is 0 Å². The van der Waals surface area contributed by atoms with E-state index in [0.717, 1.165) is 32.7 Å². The number of nitrogens with zero attached hydrogens (tertiary/aromatic N) is 2. The van der Waals surface area contributed by atoms with Crippen LogP contribution in [0.15, 0.2) is 0 Å². The summed E-state index contributed by atoms with van der Waals surface area (Å²) in [6.45, 7) is 8.23. The highest BCUT2D eigenvalue weighted by Crippen LogP contribution is 2.11. The van der Waals surface area contributed by atoms with Crippen molar-refractivity contribution in [2.45, 2.75) is 32.4 Å². The number of hydrogen-bond donors (Lipinski definition) is 1. The Labute approximate surface area is 104 Å². The summed E-state index contributed by atoms with van der Waals surface area (Å²) in [7, 11) is 1.90. The Morgan fingerprint density at radius 1 is 1.65 bits per heavy atom. The molecule has 0 aromatic rings. The van der Waals surface area contributed by atoms with Crippen molar-refractivity contribution in [1.29, 1.82) is 0 Å². The molecule has 0 aliphatic carbocycles. The topological polar surface area (TPSA) is 58.8 Å². The molecule has 17 heavy (non-hydrogen) atoms. The van der Waals surface area contributed by atoms with E-state index in [9.17, 15) is 4.79 Å². The Balaban J connectivity index is 2.36. The monoisotopic (exact) mass is 243 g/mol. The molecule has 5 heteroatoms. The van der Waals surface area contributed by atoms with Crippen LogP contribution in [-0.4, -0.2) is 67.7 Å². The minimum atomic E-state index is -0.290. The van der Waals surface area contributed by atoms with E-state index in [1.807, 2.05) is 11.9 Å². The van der Waals surface area contributed by atoms with Crippen molar-refractivity contribution in [3.8, 4) is 0 Å². The summed E-state index contributed by atoms with van der Waals surface area (Å²) < 4.78 is 5.72. The fourth-order valence-electron chi connectivity index (χ4n) is 2.19. The van der Waals surface area contributed by atoms with Gasteiger partial charge in [-0.15, -0.1) is 0 Å². The van der Waals surface area contributed by atoms with E-state index >= 15 is 0 Å². The predicted octanol–water partition coefficient (Wildman–Crippen LogP) is -0.0972. The number of hydrogen-bond acceptors (Lipinski definition) is 4. The van der Waals surface area contributed by atoms with Crippen molar-refractivity contribution < 1.29 is 9.53 Å². The smallest absolute Gasteiger partial charge is 0.231 e. The summed E-state index contributed by atoms with van der Waals surface area (Å²) in [5.41, 5.74) is 5.16. The van der Waals surface area contributed by atoms with Gasteiger partial charge in [0.05, 0.1) is 19.3 Å². The first-order chi connectivity index (χ1) is 8.02. The number of carbonyl (C=O) groups excluding carboxylic acids is 1. The molecule has 1 aliphatic heterocycles. The molecule has 0 spiro atoms. The van der Waals surface area contributed by atoms with Crippen LogP contribution in [0, 0.1) is 0 Å². The molecule has 2 atom stereocenters. The molecule has 5 nitrogen and oxygen atoms in total. The third kappa shape index (κ3) is 5.02. The molecule has 1 rings (SSSR count). The number of amides is 1. The molecule has 0 aromatic carbocycles. The Morgan fingerprint density at radius 2 is 2.35 bits per heavy atom. The van der Waals surface area contributed by atoms with E-state index < -0.39 is 0 Å². The number of ether oxygens (including phenoxy) is 1. The SMILES string of the molecule is CC[C@@H](C)N1CCO[C@@H](CN(C)CC(N)=O)C1. The Bertz CT molecular complexity index is 248. The summed E-state index contributed by atoms with van der Waals surface area (Å²) in [5.74, 6) is -0.290. The summed E-state index contributed by atoms with van der Waals surface area (Å²) in [5, 5.41) is 0. The van der Waals surface area contributed by atoms with Gasteiger partial charge in [-0.25, -0.2) is 0 Å². The van der Waals surface area contributed by atoms with Crippen LogP contribution in [0.4, 0.5) is 0 Å². The third-order valence-corrected chi connectivity index (χ3v) is 3.33. The first-order valence-corrected chi connectivity index (χ1v) is 6.35. The number of carbonyl (C=O) groups is 1. The maximum absolute atomic E-state index is 10.8. The Morgan fingerprint density at radius 3 is 2.94 bits per heavy atom. The zero-order chi connectivity index (χ0) is 12.8. The number of morpholine rings is 1. The molecule has 1 saturated heterocycles. The second kappa shape index (κ2) is 6.93. The fourth-order valence-corrected chi connectivity index (χ4v) is 2.19. The molecule has 2 N–H and O–H groups in total. The molecule has 0 unspecified atom stereocenters. The van der Waals surface area contributed by atoms with Gasteiger partial charge in [-0.05, 0) is 20.4 Å². The average molecular weight is 243 g/mol. The molecule has 0 bridgehead atoms. The van der Waals surface area contributed by atoms with E-state index in [2.05, 4.69) is 18.7 Å². The minimum Gasteiger partial charge on any atom is -0.374 e. The normalized spacial score (nSPS) is 23.9. The lowest BCUT2D eigenvalue weighted by Gasteiger charge is -2.37. The van der Waals surface area contributed by atoms with Crippen molar-refractivity contribution in [3.05, 3.63) is 0 Å². The van der Waals surface area contributed by atoms with Crippen molar-refractivity contribution in [1.82, 2.24) is 9.80 Å². The molecule has 1 heterocycles. The molecule has 100 valence electrons. The van der Waals surface area contributed by atoms with Crippen LogP contribution in [0.5, 0.6) is 0 Å². The fraction of sp³-hybridized carbons (Fsp3) is 0.917. The lowest BCUT2D eigenvalue weighted by molar-refractivity contribution is -0.119. The molecule has 0 aromatic heterocycles. The summed E-state index contributed by atoms with van der Waals surface area (Å²) in [6, 6.07) is 0.600. The van der Waals surface area contributed by atoms with Crippen LogP contribution >= 0.6 is 0 Å². The van der Waals surface area contributed by atoms with Crippen LogP contribution in [0.2, 0.25) is 0 Å². The summed E-state index contributed by atoms with van der Waals surface area (Å²) in [6.07, 6.45) is 1.34. The van der Waals surface area contributed by atoms with Crippen LogP contribution in [-0.2, 0) is 9.53 Å². The van der Waals surface area contributed by atoms with Crippen molar-refractivity contribution in [3.63, 3.8) is 0 Å². The molecular formula is C12H25N3O2. The third-order valence-electron chi connectivity index (χ3n) is 3.33.